The molecular weight excluding hydrogens is 783 g/mol. The van der Waals surface area contributed by atoms with Crippen LogP contribution < -0.4 is 4.74 Å². The molecule has 1 heterocycles. The minimum absolute atomic E-state index is 0.125. The molecule has 3 rings (SSSR count). The molecule has 0 aromatic heterocycles. The Kier molecular flexibility index (Phi) is 10.5. The van der Waals surface area contributed by atoms with Crippen molar-refractivity contribution in [3.63, 3.8) is 0 Å². The molecule has 25 heteroatoms. The molecule has 0 spiro atoms. The van der Waals surface area contributed by atoms with Crippen LogP contribution in [0.15, 0.2) is 41.3 Å². The average molecular weight is 803 g/mol. The molecule has 2 aromatic carbocycles. The molecule has 0 bridgehead atoms. The van der Waals surface area contributed by atoms with E-state index in [1.54, 1.807) is 0 Å². The Balaban J connectivity index is 2.15. The summed E-state index contributed by atoms with van der Waals surface area (Å²) in [5.74, 6) is -54.0. The van der Waals surface area contributed by atoms with Crippen LogP contribution in [-0.2, 0) is 18.5 Å². The van der Waals surface area contributed by atoms with Gasteiger partial charge in [0.05, 0.1) is 6.61 Å². The summed E-state index contributed by atoms with van der Waals surface area (Å²) in [6.45, 7) is 1.20. The highest BCUT2D eigenvalue weighted by Crippen LogP contribution is 2.68. The molecule has 0 radical (unpaired) electrons. The number of carbonyl (C=O) groups excluding carboxylic acids is 1. The Bertz CT molecular complexity index is 1700. The van der Waals surface area contributed by atoms with Crippen LogP contribution in [0, 0.1) is 0 Å². The average Bonchev–Trinajstić information content (AvgIpc) is 3.44. The molecule has 0 unspecified atom stereocenters. The van der Waals surface area contributed by atoms with Crippen LogP contribution in [0.25, 0.3) is 10.8 Å². The zero-order valence-corrected chi connectivity index (χ0v) is 25.8. The Hall–Kier alpha value is -2.96. The highest BCUT2D eigenvalue weighted by Gasteiger charge is 2.96. The van der Waals surface area contributed by atoms with E-state index in [2.05, 4.69) is 8.37 Å². The normalized spacial score (nSPS) is 17.9. The maximum Gasteiger partial charge on any atom is 0.513 e. The molecule has 0 aliphatic carbocycles. The molecule has 2 aromatic rings. The summed E-state index contributed by atoms with van der Waals surface area (Å²) in [7, 11) is -11.8. The van der Waals surface area contributed by atoms with Crippen LogP contribution in [-0.4, -0.2) is 79.7 Å². The first-order valence-electron chi connectivity index (χ1n) is 13.2. The molecule has 1 fully saturated rings. The van der Waals surface area contributed by atoms with Crippen molar-refractivity contribution < 1.29 is 101 Å². The lowest BCUT2D eigenvalue weighted by Gasteiger charge is -2.43. The zero-order valence-electron chi connectivity index (χ0n) is 24.2. The van der Waals surface area contributed by atoms with E-state index in [9.17, 15) is 87.8 Å². The fourth-order valence-corrected chi connectivity index (χ4v) is 10.4. The molecule has 1 saturated heterocycles. The number of hydrogen-bond acceptors (Lipinski definition) is 6. The summed E-state index contributed by atoms with van der Waals surface area (Å²) in [5, 5.41) is -8.14. The number of hydrogen-bond donors (Lipinski definition) is 0. The SMILES string of the molecule is CCOC(=O)Oc1ccc(S2(OS(=O)(=O)C(F)(F)C(F)(F)C(F)(F)C(F)(F)C(F)(F)C(F)(F)C(F)(F)C(F)(F)F)CCCC2)c2ccccc12. The Morgan fingerprint density at radius 3 is 1.56 bits per heavy atom. The summed E-state index contributed by atoms with van der Waals surface area (Å²) in [4.78, 5) is 11.4. The highest BCUT2D eigenvalue weighted by molar-refractivity contribution is 8.33. The molecule has 0 N–H and O–H groups in total. The maximum absolute atomic E-state index is 15.0. The number of rotatable bonds is 12. The number of fused-ring (bicyclic) bond motifs is 1. The van der Waals surface area contributed by atoms with Crippen LogP contribution in [0.1, 0.15) is 19.8 Å². The van der Waals surface area contributed by atoms with Crippen LogP contribution in [0.2, 0.25) is 0 Å². The van der Waals surface area contributed by atoms with Gasteiger partial charge < -0.3 is 9.47 Å². The number of alkyl halides is 17. The standard InChI is InChI=1S/C25H19F17O6S2/c1-2-46-17(43)47-15-9-10-16(14-8-4-3-7-13(14)15)49(11-5-6-12-49)48-50(44,45)25(41,42)23(36,37)21(32,33)19(28,29)18(26,27)20(30,31)22(34,35)24(38,39)40/h3-4,7-10H,2,5-6,11-12H2,1H3. The van der Waals surface area contributed by atoms with Gasteiger partial charge in [0.25, 0.3) is 0 Å². The van der Waals surface area contributed by atoms with Gasteiger partial charge in [0.2, 0.25) is 0 Å². The van der Waals surface area contributed by atoms with Gasteiger partial charge in [0.1, 0.15) is 5.75 Å². The second-order valence-corrected chi connectivity index (χ2v) is 15.1. The lowest BCUT2D eigenvalue weighted by molar-refractivity contribution is -0.458. The van der Waals surface area contributed by atoms with Gasteiger partial charge in [0.15, 0.2) is 0 Å². The minimum Gasteiger partial charge on any atom is -0.434 e. The quantitative estimate of drug-likeness (QED) is 0.121. The number of halogens is 17. The number of carbonyl (C=O) groups is 1. The van der Waals surface area contributed by atoms with Crippen molar-refractivity contribution in [1.29, 1.82) is 0 Å². The van der Waals surface area contributed by atoms with Crippen molar-refractivity contribution in [3.05, 3.63) is 36.4 Å². The van der Waals surface area contributed by atoms with E-state index < -0.39 is 89.9 Å². The fraction of sp³-hybridized carbons (Fsp3) is 0.560. The second-order valence-electron chi connectivity index (χ2n) is 10.3. The minimum atomic E-state index is -8.95. The van der Waals surface area contributed by atoms with Crippen molar-refractivity contribution >= 4 is 37.4 Å². The van der Waals surface area contributed by atoms with Gasteiger partial charge >= 0.3 is 63.2 Å². The largest absolute Gasteiger partial charge is 0.513 e. The molecular formula is C25H19F17O6S2. The first kappa shape index (κ1) is 41.5. The molecule has 0 amide bonds. The van der Waals surface area contributed by atoms with Crippen LogP contribution >= 0.6 is 10.3 Å². The summed E-state index contributed by atoms with van der Waals surface area (Å²) in [6.07, 6.45) is -9.53. The smallest absolute Gasteiger partial charge is 0.434 e. The third-order valence-corrected chi connectivity index (χ3v) is 12.8. The predicted octanol–water partition coefficient (Wildman–Crippen LogP) is 9.56. The highest BCUT2D eigenvalue weighted by atomic mass is 32.3. The van der Waals surface area contributed by atoms with E-state index in [0.717, 1.165) is 18.2 Å². The molecule has 6 nitrogen and oxygen atoms in total. The van der Waals surface area contributed by atoms with E-state index >= 15 is 0 Å². The first-order valence-corrected chi connectivity index (χ1v) is 16.5. The summed E-state index contributed by atoms with van der Waals surface area (Å²) < 4.78 is 273. The Labute approximate surface area is 270 Å². The van der Waals surface area contributed by atoms with Crippen LogP contribution in [0.3, 0.4) is 0 Å². The second kappa shape index (κ2) is 12.6. The topological polar surface area (TPSA) is 78.9 Å². The fourth-order valence-electron chi connectivity index (χ4n) is 4.51. The van der Waals surface area contributed by atoms with Gasteiger partial charge in [0, 0.05) is 21.8 Å². The van der Waals surface area contributed by atoms with Crippen molar-refractivity contribution in [2.75, 3.05) is 18.1 Å². The molecule has 0 atom stereocenters. The lowest BCUT2D eigenvalue weighted by Crippen LogP contribution is -2.75. The Morgan fingerprint density at radius 2 is 1.10 bits per heavy atom. The summed E-state index contributed by atoms with van der Waals surface area (Å²) in [6, 6.07) is 6.58. The van der Waals surface area contributed by atoms with Gasteiger partial charge in [-0.1, -0.05) is 34.6 Å². The van der Waals surface area contributed by atoms with Gasteiger partial charge in [-0.3, -0.25) is 0 Å². The van der Waals surface area contributed by atoms with Gasteiger partial charge in [-0.15, -0.1) is 0 Å². The zero-order chi connectivity index (χ0) is 38.8. The van der Waals surface area contributed by atoms with Crippen LogP contribution in [0.5, 0.6) is 5.75 Å². The predicted molar refractivity (Wildman–Crippen MR) is 137 cm³/mol. The van der Waals surface area contributed by atoms with E-state index in [-0.39, 0.29) is 36.0 Å². The third-order valence-electron chi connectivity index (χ3n) is 7.13. The first-order chi connectivity index (χ1) is 22.3. The maximum atomic E-state index is 15.0. The van der Waals surface area contributed by atoms with Crippen molar-refractivity contribution in [3.8, 4) is 5.75 Å². The number of ether oxygens (including phenoxy) is 2. The van der Waals surface area contributed by atoms with E-state index in [4.69, 9.17) is 4.74 Å². The van der Waals surface area contributed by atoms with Crippen molar-refractivity contribution in [1.82, 2.24) is 0 Å². The van der Waals surface area contributed by atoms with Gasteiger partial charge in [-0.2, -0.15) is 83.1 Å². The number of benzene rings is 2. The van der Waals surface area contributed by atoms with E-state index in [1.807, 2.05) is 0 Å². The monoisotopic (exact) mass is 802 g/mol. The molecule has 0 saturated carbocycles. The van der Waals surface area contributed by atoms with Gasteiger partial charge in [-0.25, -0.2) is 8.42 Å². The van der Waals surface area contributed by atoms with Crippen LogP contribution in [0.4, 0.5) is 79.4 Å². The molecule has 50 heavy (non-hydrogen) atoms. The van der Waals surface area contributed by atoms with E-state index in [1.165, 1.54) is 25.1 Å². The Morgan fingerprint density at radius 1 is 0.660 bits per heavy atom. The van der Waals surface area contributed by atoms with E-state index in [0.29, 0.717) is 0 Å². The molecule has 1 aliphatic heterocycles. The summed E-state index contributed by atoms with van der Waals surface area (Å²) in [5.41, 5.74) is 0. The molecule has 1 aliphatic rings. The summed E-state index contributed by atoms with van der Waals surface area (Å²) >= 11 is 0. The lowest BCUT2D eigenvalue weighted by atomic mass is 9.91. The van der Waals surface area contributed by atoms with Crippen molar-refractivity contribution in [2.45, 2.75) is 71.6 Å². The third kappa shape index (κ3) is 5.96. The van der Waals surface area contributed by atoms with Crippen molar-refractivity contribution in [2.24, 2.45) is 0 Å². The molecule has 286 valence electrons. The van der Waals surface area contributed by atoms with Gasteiger partial charge in [-0.05, 0) is 37.3 Å².